The molecular formula is C17H30N2O. The number of benzene rings is 1. The van der Waals surface area contributed by atoms with Gasteiger partial charge in [0.1, 0.15) is 0 Å². The van der Waals surface area contributed by atoms with E-state index < -0.39 is 0 Å². The molecule has 20 heavy (non-hydrogen) atoms. The zero-order chi connectivity index (χ0) is 15.2. The van der Waals surface area contributed by atoms with Crippen molar-refractivity contribution in [2.45, 2.75) is 39.5 Å². The monoisotopic (exact) mass is 278 g/mol. The lowest BCUT2D eigenvalue weighted by Gasteiger charge is -2.30. The molecule has 0 unspecified atom stereocenters. The Hall–Kier alpha value is -1.06. The van der Waals surface area contributed by atoms with Crippen LogP contribution in [0.15, 0.2) is 24.3 Å². The molecule has 0 aliphatic carbocycles. The van der Waals surface area contributed by atoms with Crippen molar-refractivity contribution in [3.63, 3.8) is 0 Å². The predicted molar refractivity (Wildman–Crippen MR) is 87.0 cm³/mol. The molecule has 0 spiro atoms. The summed E-state index contributed by atoms with van der Waals surface area (Å²) in [6, 6.07) is 8.18. The topological polar surface area (TPSA) is 47.3 Å². The number of nitrogen functional groups attached to an aromatic ring is 1. The number of hydrogen-bond donors (Lipinski definition) is 2. The largest absolute Gasteiger partial charge is 0.399 e. The molecule has 114 valence electrons. The van der Waals surface area contributed by atoms with Crippen LogP contribution in [0.5, 0.6) is 0 Å². The van der Waals surface area contributed by atoms with Crippen molar-refractivity contribution in [2.75, 3.05) is 32.5 Å². The molecule has 1 aromatic rings. The van der Waals surface area contributed by atoms with Crippen molar-refractivity contribution in [2.24, 2.45) is 5.41 Å². The number of rotatable bonds is 8. The number of nitrogens with one attached hydrogen (secondary N) is 1. The second-order valence-electron chi connectivity index (χ2n) is 7.02. The molecule has 0 bridgehead atoms. The van der Waals surface area contributed by atoms with Crippen molar-refractivity contribution in [1.82, 2.24) is 5.32 Å². The first-order valence-electron chi connectivity index (χ1n) is 7.32. The standard InChI is InChI=1S/C17H30N2O/c1-16(2,10-11-20-5)12-19-13-17(3,4)14-6-8-15(18)9-7-14/h6-9,19H,10-13,18H2,1-5H3. The Bertz CT molecular complexity index is 396. The molecule has 3 heteroatoms. The van der Waals surface area contributed by atoms with Gasteiger partial charge in [0.2, 0.25) is 0 Å². The Labute approximate surface area is 123 Å². The van der Waals surface area contributed by atoms with Crippen molar-refractivity contribution in [1.29, 1.82) is 0 Å². The van der Waals surface area contributed by atoms with Gasteiger partial charge in [-0.15, -0.1) is 0 Å². The Balaban J connectivity index is 2.49. The minimum absolute atomic E-state index is 0.102. The van der Waals surface area contributed by atoms with E-state index in [1.54, 1.807) is 7.11 Å². The smallest absolute Gasteiger partial charge is 0.0467 e. The number of hydrogen-bond acceptors (Lipinski definition) is 3. The summed E-state index contributed by atoms with van der Waals surface area (Å²) in [5, 5.41) is 3.60. The van der Waals surface area contributed by atoms with Gasteiger partial charge in [-0.25, -0.2) is 0 Å². The Morgan fingerprint density at radius 2 is 1.65 bits per heavy atom. The van der Waals surface area contributed by atoms with Crippen molar-refractivity contribution in [3.05, 3.63) is 29.8 Å². The summed E-state index contributed by atoms with van der Waals surface area (Å²) < 4.78 is 5.17. The third-order valence-corrected chi connectivity index (χ3v) is 3.85. The van der Waals surface area contributed by atoms with Crippen LogP contribution in [0, 0.1) is 5.41 Å². The van der Waals surface area contributed by atoms with Gasteiger partial charge in [-0.2, -0.15) is 0 Å². The molecule has 3 N–H and O–H groups in total. The highest BCUT2D eigenvalue weighted by atomic mass is 16.5. The zero-order valence-corrected chi connectivity index (χ0v) is 13.6. The van der Waals surface area contributed by atoms with E-state index in [-0.39, 0.29) is 10.8 Å². The summed E-state index contributed by atoms with van der Waals surface area (Å²) in [6.07, 6.45) is 1.07. The molecule has 3 nitrogen and oxygen atoms in total. The van der Waals surface area contributed by atoms with Gasteiger partial charge in [0.05, 0.1) is 0 Å². The molecule has 0 aliphatic rings. The van der Waals surface area contributed by atoms with E-state index in [0.717, 1.165) is 31.8 Å². The van der Waals surface area contributed by atoms with Crippen LogP contribution in [-0.2, 0) is 10.2 Å². The van der Waals surface area contributed by atoms with Gasteiger partial charge >= 0.3 is 0 Å². The normalized spacial score (nSPS) is 12.7. The molecule has 0 saturated heterocycles. The minimum Gasteiger partial charge on any atom is -0.399 e. The zero-order valence-electron chi connectivity index (χ0n) is 13.6. The van der Waals surface area contributed by atoms with Crippen LogP contribution in [0.1, 0.15) is 39.7 Å². The third-order valence-electron chi connectivity index (χ3n) is 3.85. The fraction of sp³-hybridized carbons (Fsp3) is 0.647. The summed E-state index contributed by atoms with van der Waals surface area (Å²) >= 11 is 0. The van der Waals surface area contributed by atoms with Crippen LogP contribution in [0.2, 0.25) is 0 Å². The first kappa shape index (κ1) is 17.0. The van der Waals surface area contributed by atoms with Crippen molar-refractivity contribution >= 4 is 5.69 Å². The average molecular weight is 278 g/mol. The van der Waals surface area contributed by atoms with Crippen LogP contribution in [-0.4, -0.2) is 26.8 Å². The lowest BCUT2D eigenvalue weighted by Crippen LogP contribution is -2.38. The Morgan fingerprint density at radius 3 is 2.20 bits per heavy atom. The molecule has 0 atom stereocenters. The second kappa shape index (κ2) is 7.09. The molecule has 0 heterocycles. The quantitative estimate of drug-likeness (QED) is 0.718. The maximum Gasteiger partial charge on any atom is 0.0467 e. The number of ether oxygens (including phenoxy) is 1. The van der Waals surface area contributed by atoms with Gasteiger partial charge in [-0.3, -0.25) is 0 Å². The summed E-state index contributed by atoms with van der Waals surface area (Å²) in [4.78, 5) is 0. The first-order chi connectivity index (χ1) is 9.27. The van der Waals surface area contributed by atoms with Crippen LogP contribution >= 0.6 is 0 Å². The van der Waals surface area contributed by atoms with E-state index >= 15 is 0 Å². The number of methoxy groups -OCH3 is 1. The third kappa shape index (κ3) is 5.51. The molecule has 0 radical (unpaired) electrons. The second-order valence-corrected chi connectivity index (χ2v) is 7.02. The van der Waals surface area contributed by atoms with Crippen LogP contribution in [0.4, 0.5) is 5.69 Å². The lowest BCUT2D eigenvalue weighted by atomic mass is 9.83. The Kier molecular flexibility index (Phi) is 6.03. The summed E-state index contributed by atoms with van der Waals surface area (Å²) in [5.41, 5.74) is 8.24. The molecule has 1 aromatic carbocycles. The highest BCUT2D eigenvalue weighted by molar-refractivity contribution is 5.41. The molecule has 1 rings (SSSR count). The highest BCUT2D eigenvalue weighted by Crippen LogP contribution is 2.24. The van der Waals surface area contributed by atoms with Gasteiger partial charge in [-0.05, 0) is 29.5 Å². The molecule has 0 fully saturated rings. The summed E-state index contributed by atoms with van der Waals surface area (Å²) in [7, 11) is 1.76. The van der Waals surface area contributed by atoms with E-state index in [0.29, 0.717) is 0 Å². The van der Waals surface area contributed by atoms with Gasteiger partial charge in [0, 0.05) is 37.9 Å². The fourth-order valence-corrected chi connectivity index (χ4v) is 2.22. The first-order valence-corrected chi connectivity index (χ1v) is 7.32. The van der Waals surface area contributed by atoms with Gasteiger partial charge in [0.25, 0.3) is 0 Å². The SMILES string of the molecule is COCCC(C)(C)CNCC(C)(C)c1ccc(N)cc1. The number of nitrogens with two attached hydrogens (primary N) is 1. The van der Waals surface area contributed by atoms with Crippen LogP contribution < -0.4 is 11.1 Å². The van der Waals surface area contributed by atoms with Crippen molar-refractivity contribution in [3.8, 4) is 0 Å². The van der Waals surface area contributed by atoms with E-state index in [2.05, 4.69) is 45.1 Å². The molecule has 0 aliphatic heterocycles. The van der Waals surface area contributed by atoms with Crippen molar-refractivity contribution < 1.29 is 4.74 Å². The van der Waals surface area contributed by atoms with Gasteiger partial charge < -0.3 is 15.8 Å². The molecule has 0 aromatic heterocycles. The molecular weight excluding hydrogens is 248 g/mol. The molecule has 0 saturated carbocycles. The summed E-state index contributed by atoms with van der Waals surface area (Å²) in [6.45, 7) is 11.8. The predicted octanol–water partition coefficient (Wildman–Crippen LogP) is 3.20. The van der Waals surface area contributed by atoms with E-state index in [1.165, 1.54) is 5.56 Å². The van der Waals surface area contributed by atoms with E-state index in [9.17, 15) is 0 Å². The van der Waals surface area contributed by atoms with Crippen LogP contribution in [0.3, 0.4) is 0 Å². The fourth-order valence-electron chi connectivity index (χ4n) is 2.22. The molecule has 0 amide bonds. The van der Waals surface area contributed by atoms with Crippen LogP contribution in [0.25, 0.3) is 0 Å². The van der Waals surface area contributed by atoms with Gasteiger partial charge in [0.15, 0.2) is 0 Å². The van der Waals surface area contributed by atoms with E-state index in [4.69, 9.17) is 10.5 Å². The maximum atomic E-state index is 5.75. The number of anilines is 1. The lowest BCUT2D eigenvalue weighted by molar-refractivity contribution is 0.150. The summed E-state index contributed by atoms with van der Waals surface area (Å²) in [5.74, 6) is 0. The maximum absolute atomic E-state index is 5.75. The van der Waals surface area contributed by atoms with E-state index in [1.807, 2.05) is 12.1 Å². The highest BCUT2D eigenvalue weighted by Gasteiger charge is 2.22. The van der Waals surface area contributed by atoms with Gasteiger partial charge in [-0.1, -0.05) is 39.8 Å². The Morgan fingerprint density at radius 1 is 1.05 bits per heavy atom. The average Bonchev–Trinajstić information content (AvgIpc) is 2.36. The minimum atomic E-state index is 0.102.